The average Bonchev–Trinajstić information content (AvgIpc) is 2.34. The van der Waals surface area contributed by atoms with Gasteiger partial charge in [-0.2, -0.15) is 11.8 Å². The zero-order chi connectivity index (χ0) is 13.8. The first kappa shape index (κ1) is 15.8. The Labute approximate surface area is 114 Å². The summed E-state index contributed by atoms with van der Waals surface area (Å²) in [5.41, 5.74) is 0. The molecule has 0 aromatic heterocycles. The number of nitrogens with one attached hydrogen (secondary N) is 1. The van der Waals surface area contributed by atoms with Crippen LogP contribution in [0.3, 0.4) is 0 Å². The second-order valence-electron chi connectivity index (χ2n) is 4.60. The van der Waals surface area contributed by atoms with Gasteiger partial charge >= 0.3 is 0 Å². The fraction of sp³-hybridized carbons (Fsp3) is 0.909. The molecule has 0 bridgehead atoms. The first-order chi connectivity index (χ1) is 8.38. The molecule has 106 valence electrons. The van der Waals surface area contributed by atoms with E-state index in [1.165, 1.54) is 11.2 Å². The molecule has 0 aromatic rings. The highest BCUT2D eigenvalue weighted by Gasteiger charge is 2.35. The van der Waals surface area contributed by atoms with Gasteiger partial charge in [0.25, 0.3) is 0 Å². The standard InChI is InChI=1S/C11H22N2O3S2/c1-4-12-7-9(2)11(14)13-5-6-17-8-10(13)18(3,15)16/h9-10,12H,4-8H2,1-3H3. The largest absolute Gasteiger partial charge is 0.324 e. The quantitative estimate of drug-likeness (QED) is 0.783. The molecule has 1 N–H and O–H groups in total. The van der Waals surface area contributed by atoms with Gasteiger partial charge in [-0.05, 0) is 6.54 Å². The second-order valence-corrected chi connectivity index (χ2v) is 7.95. The summed E-state index contributed by atoms with van der Waals surface area (Å²) in [7, 11) is -3.21. The van der Waals surface area contributed by atoms with Crippen molar-refractivity contribution >= 4 is 27.5 Å². The second kappa shape index (κ2) is 6.77. The Hall–Kier alpha value is -0.270. The van der Waals surface area contributed by atoms with E-state index in [1.54, 1.807) is 11.8 Å². The van der Waals surface area contributed by atoms with Crippen LogP contribution in [0.4, 0.5) is 0 Å². The van der Waals surface area contributed by atoms with E-state index < -0.39 is 15.2 Å². The predicted molar refractivity (Wildman–Crippen MR) is 75.4 cm³/mol. The number of sulfone groups is 1. The van der Waals surface area contributed by atoms with Gasteiger partial charge in [0, 0.05) is 36.8 Å². The van der Waals surface area contributed by atoms with Crippen molar-refractivity contribution in [1.82, 2.24) is 10.2 Å². The van der Waals surface area contributed by atoms with Gasteiger partial charge in [0.15, 0.2) is 9.84 Å². The highest BCUT2D eigenvalue weighted by atomic mass is 32.2. The SMILES string of the molecule is CCNCC(C)C(=O)N1CCSCC1S(C)(=O)=O. The van der Waals surface area contributed by atoms with Crippen molar-refractivity contribution < 1.29 is 13.2 Å². The van der Waals surface area contributed by atoms with Crippen molar-refractivity contribution in [3.63, 3.8) is 0 Å². The maximum atomic E-state index is 12.3. The third kappa shape index (κ3) is 4.13. The molecule has 1 amide bonds. The molecule has 0 radical (unpaired) electrons. The molecule has 0 aliphatic carbocycles. The fourth-order valence-electron chi connectivity index (χ4n) is 1.92. The van der Waals surface area contributed by atoms with Crippen LogP contribution in [0.15, 0.2) is 0 Å². The van der Waals surface area contributed by atoms with E-state index in [-0.39, 0.29) is 11.8 Å². The number of amides is 1. The Morgan fingerprint density at radius 1 is 1.56 bits per heavy atom. The zero-order valence-electron chi connectivity index (χ0n) is 11.2. The Kier molecular flexibility index (Phi) is 5.94. The molecule has 0 spiro atoms. The third-order valence-electron chi connectivity index (χ3n) is 2.98. The summed E-state index contributed by atoms with van der Waals surface area (Å²) >= 11 is 1.59. The average molecular weight is 294 g/mol. The van der Waals surface area contributed by atoms with E-state index >= 15 is 0 Å². The smallest absolute Gasteiger partial charge is 0.227 e. The number of thioether (sulfide) groups is 1. The number of hydrogen-bond acceptors (Lipinski definition) is 5. The summed E-state index contributed by atoms with van der Waals surface area (Å²) in [6, 6.07) is 0. The Morgan fingerprint density at radius 3 is 2.78 bits per heavy atom. The molecule has 1 aliphatic rings. The first-order valence-corrected chi connectivity index (χ1v) is 9.26. The maximum Gasteiger partial charge on any atom is 0.227 e. The summed E-state index contributed by atoms with van der Waals surface area (Å²) in [4.78, 5) is 13.8. The predicted octanol–water partition coefficient (Wildman–Crippen LogP) is 0.178. The lowest BCUT2D eigenvalue weighted by atomic mass is 10.1. The third-order valence-corrected chi connectivity index (χ3v) is 5.63. The van der Waals surface area contributed by atoms with Gasteiger partial charge in [-0.1, -0.05) is 13.8 Å². The molecule has 5 nitrogen and oxygen atoms in total. The molecule has 1 fully saturated rings. The summed E-state index contributed by atoms with van der Waals surface area (Å²) in [5.74, 6) is 1.05. The summed E-state index contributed by atoms with van der Waals surface area (Å²) in [6.45, 7) is 5.75. The van der Waals surface area contributed by atoms with Crippen LogP contribution >= 0.6 is 11.8 Å². The molecular formula is C11H22N2O3S2. The Bertz CT molecular complexity index is 384. The lowest BCUT2D eigenvalue weighted by Gasteiger charge is -2.35. The molecule has 1 aliphatic heterocycles. The molecule has 2 unspecified atom stereocenters. The summed E-state index contributed by atoms with van der Waals surface area (Å²) in [5, 5.41) is 2.46. The molecule has 1 saturated heterocycles. The monoisotopic (exact) mass is 294 g/mol. The number of hydrogen-bond donors (Lipinski definition) is 1. The summed E-state index contributed by atoms with van der Waals surface area (Å²) in [6.07, 6.45) is 1.21. The Morgan fingerprint density at radius 2 is 2.22 bits per heavy atom. The number of nitrogens with zero attached hydrogens (tertiary/aromatic N) is 1. The van der Waals surface area contributed by atoms with Crippen molar-refractivity contribution in [2.75, 3.05) is 37.4 Å². The van der Waals surface area contributed by atoms with Gasteiger partial charge in [0.1, 0.15) is 5.37 Å². The normalized spacial score (nSPS) is 22.8. The number of carbonyl (C=O) groups excluding carboxylic acids is 1. The van der Waals surface area contributed by atoms with Gasteiger partial charge in [0.05, 0.1) is 0 Å². The highest BCUT2D eigenvalue weighted by Crippen LogP contribution is 2.22. The van der Waals surface area contributed by atoms with E-state index in [1.807, 2.05) is 13.8 Å². The topological polar surface area (TPSA) is 66.5 Å². The van der Waals surface area contributed by atoms with Crippen LogP contribution in [0.5, 0.6) is 0 Å². The number of carbonyl (C=O) groups is 1. The van der Waals surface area contributed by atoms with Crippen LogP contribution < -0.4 is 5.32 Å². The minimum absolute atomic E-state index is 0.0633. The van der Waals surface area contributed by atoms with Crippen LogP contribution in [-0.4, -0.2) is 62.0 Å². The van der Waals surface area contributed by atoms with Gasteiger partial charge in [-0.15, -0.1) is 0 Å². The van der Waals surface area contributed by atoms with Crippen LogP contribution in [-0.2, 0) is 14.6 Å². The van der Waals surface area contributed by atoms with E-state index in [9.17, 15) is 13.2 Å². The van der Waals surface area contributed by atoms with Gasteiger partial charge < -0.3 is 10.2 Å². The van der Waals surface area contributed by atoms with Gasteiger partial charge in [-0.3, -0.25) is 4.79 Å². The zero-order valence-corrected chi connectivity index (χ0v) is 12.8. The van der Waals surface area contributed by atoms with E-state index in [2.05, 4.69) is 5.32 Å². The Balaban J connectivity index is 2.74. The molecule has 1 rings (SSSR count). The molecule has 0 saturated carbocycles. The first-order valence-electron chi connectivity index (χ1n) is 6.15. The minimum atomic E-state index is -3.21. The minimum Gasteiger partial charge on any atom is -0.324 e. The fourth-order valence-corrected chi connectivity index (χ4v) is 4.74. The van der Waals surface area contributed by atoms with E-state index in [4.69, 9.17) is 0 Å². The van der Waals surface area contributed by atoms with Crippen molar-refractivity contribution in [3.8, 4) is 0 Å². The molecule has 7 heteroatoms. The molecular weight excluding hydrogens is 272 g/mol. The van der Waals surface area contributed by atoms with Crippen LogP contribution in [0.2, 0.25) is 0 Å². The number of rotatable bonds is 5. The van der Waals surface area contributed by atoms with Crippen LogP contribution in [0, 0.1) is 5.92 Å². The van der Waals surface area contributed by atoms with Crippen LogP contribution in [0.25, 0.3) is 0 Å². The van der Waals surface area contributed by atoms with E-state index in [0.29, 0.717) is 18.8 Å². The lowest BCUT2D eigenvalue weighted by Crippen LogP contribution is -2.52. The van der Waals surface area contributed by atoms with Crippen molar-refractivity contribution in [1.29, 1.82) is 0 Å². The van der Waals surface area contributed by atoms with Crippen molar-refractivity contribution in [3.05, 3.63) is 0 Å². The van der Waals surface area contributed by atoms with Gasteiger partial charge in [-0.25, -0.2) is 8.42 Å². The van der Waals surface area contributed by atoms with Gasteiger partial charge in [0.2, 0.25) is 5.91 Å². The lowest BCUT2D eigenvalue weighted by molar-refractivity contribution is -0.135. The van der Waals surface area contributed by atoms with E-state index in [0.717, 1.165) is 12.3 Å². The molecule has 18 heavy (non-hydrogen) atoms. The van der Waals surface area contributed by atoms with Crippen molar-refractivity contribution in [2.45, 2.75) is 19.2 Å². The molecule has 2 atom stereocenters. The highest BCUT2D eigenvalue weighted by molar-refractivity contribution is 8.00. The molecule has 0 aromatic carbocycles. The summed E-state index contributed by atoms with van der Waals surface area (Å²) < 4.78 is 23.4. The maximum absolute atomic E-state index is 12.3. The van der Waals surface area contributed by atoms with Crippen LogP contribution in [0.1, 0.15) is 13.8 Å². The molecule has 1 heterocycles. The van der Waals surface area contributed by atoms with Crippen molar-refractivity contribution in [2.24, 2.45) is 5.92 Å².